The molecule has 7 heteroatoms. The first-order valence-corrected chi connectivity index (χ1v) is 10.9. The van der Waals surface area contributed by atoms with E-state index in [2.05, 4.69) is 22.0 Å². The summed E-state index contributed by atoms with van der Waals surface area (Å²) in [6, 6.07) is 12.3. The maximum atomic E-state index is 13.3. The molecule has 0 aliphatic carbocycles. The fraction of sp³-hybridized carbons (Fsp3) is 0.500. The SMILES string of the molecule is CCN1CCN(CC(O)COc2ccc(CNCc3cccc(F)c3)cc2OC)CC1. The monoisotopic (exact) mass is 431 g/mol. The zero-order valence-corrected chi connectivity index (χ0v) is 18.5. The van der Waals surface area contributed by atoms with Gasteiger partial charge in [0.2, 0.25) is 0 Å². The first-order valence-electron chi connectivity index (χ1n) is 10.9. The van der Waals surface area contributed by atoms with Gasteiger partial charge in [0.25, 0.3) is 0 Å². The summed E-state index contributed by atoms with van der Waals surface area (Å²) in [4.78, 5) is 4.70. The molecule has 1 aliphatic rings. The van der Waals surface area contributed by atoms with Crippen LogP contribution in [0.15, 0.2) is 42.5 Å². The Morgan fingerprint density at radius 3 is 2.39 bits per heavy atom. The third-order valence-corrected chi connectivity index (χ3v) is 5.59. The van der Waals surface area contributed by atoms with Crippen LogP contribution in [0.25, 0.3) is 0 Å². The average Bonchev–Trinajstić information content (AvgIpc) is 2.78. The van der Waals surface area contributed by atoms with Crippen molar-refractivity contribution in [2.24, 2.45) is 0 Å². The van der Waals surface area contributed by atoms with E-state index in [4.69, 9.17) is 9.47 Å². The fourth-order valence-corrected chi connectivity index (χ4v) is 3.76. The molecule has 1 aliphatic heterocycles. The maximum absolute atomic E-state index is 13.3. The molecular weight excluding hydrogens is 397 g/mol. The normalized spacial score (nSPS) is 16.3. The lowest BCUT2D eigenvalue weighted by atomic mass is 10.2. The first-order chi connectivity index (χ1) is 15.1. The number of benzene rings is 2. The quantitative estimate of drug-likeness (QED) is 0.570. The van der Waals surface area contributed by atoms with E-state index in [-0.39, 0.29) is 12.4 Å². The molecule has 1 fully saturated rings. The van der Waals surface area contributed by atoms with Crippen molar-refractivity contribution in [3.05, 3.63) is 59.4 Å². The van der Waals surface area contributed by atoms with Crippen molar-refractivity contribution in [1.29, 1.82) is 0 Å². The smallest absolute Gasteiger partial charge is 0.161 e. The van der Waals surface area contributed by atoms with Gasteiger partial charge in [0, 0.05) is 45.8 Å². The Morgan fingerprint density at radius 1 is 1.00 bits per heavy atom. The summed E-state index contributed by atoms with van der Waals surface area (Å²) in [7, 11) is 1.61. The Balaban J connectivity index is 1.44. The molecule has 1 atom stereocenters. The number of halogens is 1. The van der Waals surface area contributed by atoms with Crippen LogP contribution in [0, 0.1) is 5.82 Å². The fourth-order valence-electron chi connectivity index (χ4n) is 3.76. The molecule has 1 heterocycles. The molecule has 2 aromatic rings. The molecule has 0 radical (unpaired) electrons. The van der Waals surface area contributed by atoms with Gasteiger partial charge in [-0.15, -0.1) is 0 Å². The van der Waals surface area contributed by atoms with Crippen LogP contribution < -0.4 is 14.8 Å². The third kappa shape index (κ3) is 7.47. The average molecular weight is 432 g/mol. The van der Waals surface area contributed by atoms with Crippen LogP contribution in [-0.4, -0.2) is 74.0 Å². The van der Waals surface area contributed by atoms with Crippen LogP contribution in [0.3, 0.4) is 0 Å². The topological polar surface area (TPSA) is 57.2 Å². The number of methoxy groups -OCH3 is 1. The van der Waals surface area contributed by atoms with Crippen molar-refractivity contribution in [3.63, 3.8) is 0 Å². The van der Waals surface area contributed by atoms with E-state index >= 15 is 0 Å². The van der Waals surface area contributed by atoms with Gasteiger partial charge in [-0.1, -0.05) is 25.1 Å². The van der Waals surface area contributed by atoms with Gasteiger partial charge in [0.1, 0.15) is 18.5 Å². The number of hydrogen-bond acceptors (Lipinski definition) is 6. The Hall–Kier alpha value is -2.19. The number of aliphatic hydroxyl groups excluding tert-OH is 1. The second-order valence-electron chi connectivity index (χ2n) is 7.92. The zero-order valence-electron chi connectivity index (χ0n) is 18.5. The van der Waals surface area contributed by atoms with Crippen LogP contribution in [-0.2, 0) is 13.1 Å². The van der Waals surface area contributed by atoms with Crippen molar-refractivity contribution < 1.29 is 19.0 Å². The number of likely N-dealkylation sites (N-methyl/N-ethyl adjacent to an activating group) is 1. The number of β-amino-alcohol motifs (C(OH)–C–C–N with tert-alkyl or cyclic N) is 1. The number of hydrogen-bond donors (Lipinski definition) is 2. The first kappa shape index (κ1) is 23.5. The van der Waals surface area contributed by atoms with Gasteiger partial charge in [-0.25, -0.2) is 4.39 Å². The molecule has 0 aromatic heterocycles. The number of aliphatic hydroxyl groups is 1. The minimum absolute atomic E-state index is 0.224. The van der Waals surface area contributed by atoms with Crippen molar-refractivity contribution in [2.75, 3.05) is 53.0 Å². The predicted molar refractivity (Wildman–Crippen MR) is 120 cm³/mol. The van der Waals surface area contributed by atoms with E-state index in [9.17, 15) is 9.50 Å². The Kier molecular flexibility index (Phi) is 9.09. The minimum atomic E-state index is -0.550. The van der Waals surface area contributed by atoms with Crippen molar-refractivity contribution >= 4 is 0 Å². The number of piperazine rings is 1. The van der Waals surface area contributed by atoms with Gasteiger partial charge < -0.3 is 24.8 Å². The summed E-state index contributed by atoms with van der Waals surface area (Å²) in [5.41, 5.74) is 1.94. The lowest BCUT2D eigenvalue weighted by molar-refractivity contribution is 0.0464. The van der Waals surface area contributed by atoms with Crippen molar-refractivity contribution in [1.82, 2.24) is 15.1 Å². The zero-order chi connectivity index (χ0) is 22.1. The van der Waals surface area contributed by atoms with E-state index in [0.29, 0.717) is 31.1 Å². The van der Waals surface area contributed by atoms with Gasteiger partial charge in [-0.05, 0) is 41.9 Å². The molecule has 1 saturated heterocycles. The molecule has 0 amide bonds. The number of nitrogens with one attached hydrogen (secondary N) is 1. The standard InChI is InChI=1S/C24H34FN3O3/c1-3-27-9-11-28(12-10-27)17-22(29)18-31-23-8-7-20(14-24(23)30-2)16-26-15-19-5-4-6-21(25)13-19/h4-8,13-14,22,26,29H,3,9-12,15-18H2,1-2H3. The molecule has 2 aromatic carbocycles. The molecule has 31 heavy (non-hydrogen) atoms. The second kappa shape index (κ2) is 12.0. The lowest BCUT2D eigenvalue weighted by Crippen LogP contribution is -2.49. The van der Waals surface area contributed by atoms with Gasteiger partial charge in [-0.3, -0.25) is 4.90 Å². The molecule has 3 rings (SSSR count). The minimum Gasteiger partial charge on any atom is -0.493 e. The molecule has 6 nitrogen and oxygen atoms in total. The van der Waals surface area contributed by atoms with E-state index in [0.717, 1.165) is 43.9 Å². The molecule has 1 unspecified atom stereocenters. The Bertz CT molecular complexity index is 812. The number of rotatable bonds is 11. The van der Waals surface area contributed by atoms with E-state index in [1.165, 1.54) is 12.1 Å². The van der Waals surface area contributed by atoms with E-state index in [1.807, 2.05) is 24.3 Å². The largest absolute Gasteiger partial charge is 0.493 e. The van der Waals surface area contributed by atoms with Gasteiger partial charge in [0.05, 0.1) is 7.11 Å². The van der Waals surface area contributed by atoms with Crippen LogP contribution in [0.1, 0.15) is 18.1 Å². The van der Waals surface area contributed by atoms with Crippen LogP contribution in [0.5, 0.6) is 11.5 Å². The Morgan fingerprint density at radius 2 is 1.71 bits per heavy atom. The maximum Gasteiger partial charge on any atom is 0.161 e. The number of ether oxygens (including phenoxy) is 2. The highest BCUT2D eigenvalue weighted by Crippen LogP contribution is 2.28. The summed E-state index contributed by atoms with van der Waals surface area (Å²) in [5, 5.41) is 13.7. The number of nitrogens with zero attached hydrogens (tertiary/aromatic N) is 2. The van der Waals surface area contributed by atoms with E-state index < -0.39 is 6.10 Å². The summed E-state index contributed by atoms with van der Waals surface area (Å²) >= 11 is 0. The molecule has 0 spiro atoms. The van der Waals surface area contributed by atoms with Crippen LogP contribution >= 0.6 is 0 Å². The summed E-state index contributed by atoms with van der Waals surface area (Å²) in [5.74, 6) is 1.02. The van der Waals surface area contributed by atoms with Crippen LogP contribution in [0.2, 0.25) is 0 Å². The molecule has 2 N–H and O–H groups in total. The highest BCUT2D eigenvalue weighted by molar-refractivity contribution is 5.43. The molecule has 0 bridgehead atoms. The van der Waals surface area contributed by atoms with Crippen molar-refractivity contribution in [2.45, 2.75) is 26.1 Å². The highest BCUT2D eigenvalue weighted by Gasteiger charge is 2.19. The summed E-state index contributed by atoms with van der Waals surface area (Å²) in [6.45, 7) is 9.35. The second-order valence-corrected chi connectivity index (χ2v) is 7.92. The van der Waals surface area contributed by atoms with Gasteiger partial charge in [0.15, 0.2) is 11.5 Å². The van der Waals surface area contributed by atoms with Crippen LogP contribution in [0.4, 0.5) is 4.39 Å². The third-order valence-electron chi connectivity index (χ3n) is 5.59. The lowest BCUT2D eigenvalue weighted by Gasteiger charge is -2.34. The van der Waals surface area contributed by atoms with Crippen molar-refractivity contribution in [3.8, 4) is 11.5 Å². The highest BCUT2D eigenvalue weighted by atomic mass is 19.1. The summed E-state index contributed by atoms with van der Waals surface area (Å²) in [6.07, 6.45) is -0.550. The molecule has 170 valence electrons. The predicted octanol–water partition coefficient (Wildman–Crippen LogP) is 2.50. The van der Waals surface area contributed by atoms with E-state index in [1.54, 1.807) is 13.2 Å². The Labute approximate surface area is 184 Å². The molecule has 0 saturated carbocycles. The van der Waals surface area contributed by atoms with Gasteiger partial charge in [-0.2, -0.15) is 0 Å². The van der Waals surface area contributed by atoms with Gasteiger partial charge >= 0.3 is 0 Å². The molecular formula is C24H34FN3O3. The summed E-state index contributed by atoms with van der Waals surface area (Å²) < 4.78 is 24.6.